The van der Waals surface area contributed by atoms with Gasteiger partial charge in [-0.1, -0.05) is 37.6 Å². The van der Waals surface area contributed by atoms with E-state index in [2.05, 4.69) is 17.8 Å². The number of nitrogens with one attached hydrogen (secondary N) is 2. The molecule has 0 bridgehead atoms. The minimum atomic E-state index is -4.49. The summed E-state index contributed by atoms with van der Waals surface area (Å²) in [7, 11) is 0. The lowest BCUT2D eigenvalue weighted by Crippen LogP contribution is -2.30. The number of benzene rings is 2. The fraction of sp³-hybridized carbons (Fsp3) is 0.235. The summed E-state index contributed by atoms with van der Waals surface area (Å²) in [6, 6.07) is 11.9. The molecular weight excluding hydrogens is 305 g/mol. The van der Waals surface area contributed by atoms with Gasteiger partial charge in [-0.05, 0) is 36.2 Å². The Morgan fingerprint density at radius 2 is 1.70 bits per heavy atom. The van der Waals surface area contributed by atoms with Crippen LogP contribution in [-0.4, -0.2) is 5.91 Å². The number of hydrogen-bond acceptors (Lipinski definition) is 2. The summed E-state index contributed by atoms with van der Waals surface area (Å²) in [5, 5.41) is 0. The Labute approximate surface area is 132 Å². The van der Waals surface area contributed by atoms with Crippen LogP contribution in [0.1, 0.15) is 34.8 Å². The second kappa shape index (κ2) is 7.17. The van der Waals surface area contributed by atoms with Gasteiger partial charge in [0.1, 0.15) is 0 Å². The lowest BCUT2D eigenvalue weighted by Gasteiger charge is -2.15. The highest BCUT2D eigenvalue weighted by atomic mass is 19.4. The number of amides is 1. The molecule has 2 N–H and O–H groups in total. The number of para-hydroxylation sites is 1. The van der Waals surface area contributed by atoms with Gasteiger partial charge in [0.25, 0.3) is 5.91 Å². The van der Waals surface area contributed by atoms with Crippen molar-refractivity contribution < 1.29 is 18.0 Å². The van der Waals surface area contributed by atoms with E-state index >= 15 is 0 Å². The average Bonchev–Trinajstić information content (AvgIpc) is 2.53. The maximum absolute atomic E-state index is 12.9. The first kappa shape index (κ1) is 16.9. The molecule has 0 heterocycles. The molecule has 0 unspecified atom stereocenters. The molecule has 6 heteroatoms. The van der Waals surface area contributed by atoms with E-state index in [4.69, 9.17) is 0 Å². The molecular formula is C17H17F3N2O. The summed E-state index contributed by atoms with van der Waals surface area (Å²) in [5.41, 5.74) is 5.08. The molecule has 2 rings (SSSR count). The first-order valence-electron chi connectivity index (χ1n) is 7.23. The van der Waals surface area contributed by atoms with Crippen molar-refractivity contribution in [1.82, 2.24) is 5.43 Å². The van der Waals surface area contributed by atoms with Crippen molar-refractivity contribution in [2.24, 2.45) is 0 Å². The highest BCUT2D eigenvalue weighted by molar-refractivity contribution is 5.94. The van der Waals surface area contributed by atoms with Gasteiger partial charge in [-0.2, -0.15) is 13.2 Å². The van der Waals surface area contributed by atoms with Gasteiger partial charge >= 0.3 is 6.18 Å². The standard InChI is InChI=1S/C17H17F3N2O/c1-2-5-12-8-10-13(11-9-12)16(23)22-21-15-7-4-3-6-14(15)17(18,19)20/h3-4,6-11,21H,2,5H2,1H3,(H,22,23). The molecule has 0 aliphatic carbocycles. The zero-order valence-corrected chi connectivity index (χ0v) is 12.6. The number of carbonyl (C=O) groups excluding carboxylic acids is 1. The monoisotopic (exact) mass is 322 g/mol. The summed E-state index contributed by atoms with van der Waals surface area (Å²) >= 11 is 0. The number of carbonyl (C=O) groups is 1. The molecule has 1 amide bonds. The molecule has 0 saturated heterocycles. The minimum Gasteiger partial charge on any atom is -0.298 e. The van der Waals surface area contributed by atoms with E-state index in [-0.39, 0.29) is 5.69 Å². The molecule has 23 heavy (non-hydrogen) atoms. The highest BCUT2D eigenvalue weighted by Crippen LogP contribution is 2.34. The van der Waals surface area contributed by atoms with Crippen LogP contribution >= 0.6 is 0 Å². The van der Waals surface area contributed by atoms with Gasteiger partial charge in [-0.15, -0.1) is 0 Å². The number of halogens is 3. The third kappa shape index (κ3) is 4.48. The van der Waals surface area contributed by atoms with Crippen LogP contribution in [0.25, 0.3) is 0 Å². The predicted molar refractivity (Wildman–Crippen MR) is 83.0 cm³/mol. The molecule has 0 saturated carbocycles. The second-order valence-corrected chi connectivity index (χ2v) is 5.07. The third-order valence-corrected chi connectivity index (χ3v) is 3.30. The molecule has 122 valence electrons. The van der Waals surface area contributed by atoms with Gasteiger partial charge in [0.15, 0.2) is 0 Å². The summed E-state index contributed by atoms with van der Waals surface area (Å²) in [6.07, 6.45) is -2.57. The van der Waals surface area contributed by atoms with Crippen LogP contribution in [0, 0.1) is 0 Å². The molecule has 0 aliphatic heterocycles. The first-order valence-corrected chi connectivity index (χ1v) is 7.23. The molecule has 0 aliphatic rings. The SMILES string of the molecule is CCCc1ccc(C(=O)NNc2ccccc2C(F)(F)F)cc1. The Kier molecular flexibility index (Phi) is 5.26. The molecule has 2 aromatic rings. The fourth-order valence-corrected chi connectivity index (χ4v) is 2.15. The van der Waals surface area contributed by atoms with E-state index in [0.717, 1.165) is 24.5 Å². The van der Waals surface area contributed by atoms with Crippen molar-refractivity contribution >= 4 is 11.6 Å². The lowest BCUT2D eigenvalue weighted by atomic mass is 10.1. The van der Waals surface area contributed by atoms with E-state index in [1.54, 1.807) is 12.1 Å². The van der Waals surface area contributed by atoms with Crippen LogP contribution in [-0.2, 0) is 12.6 Å². The van der Waals surface area contributed by atoms with Crippen molar-refractivity contribution in [1.29, 1.82) is 0 Å². The molecule has 2 aromatic carbocycles. The molecule has 0 aromatic heterocycles. The van der Waals surface area contributed by atoms with E-state index < -0.39 is 17.6 Å². The average molecular weight is 322 g/mol. The number of aryl methyl sites for hydroxylation is 1. The van der Waals surface area contributed by atoms with Gasteiger partial charge in [0, 0.05) is 5.56 Å². The maximum atomic E-state index is 12.9. The fourth-order valence-electron chi connectivity index (χ4n) is 2.15. The number of hydrogen-bond donors (Lipinski definition) is 2. The van der Waals surface area contributed by atoms with E-state index in [1.165, 1.54) is 18.2 Å². The van der Waals surface area contributed by atoms with Crippen molar-refractivity contribution in [2.75, 3.05) is 5.43 Å². The summed E-state index contributed by atoms with van der Waals surface area (Å²) < 4.78 is 38.6. The van der Waals surface area contributed by atoms with Gasteiger partial charge in [0.05, 0.1) is 11.3 Å². The van der Waals surface area contributed by atoms with E-state index in [1.807, 2.05) is 12.1 Å². The number of alkyl halides is 3. The van der Waals surface area contributed by atoms with E-state index in [9.17, 15) is 18.0 Å². The molecule has 3 nitrogen and oxygen atoms in total. The number of rotatable bonds is 5. The smallest absolute Gasteiger partial charge is 0.298 e. The highest BCUT2D eigenvalue weighted by Gasteiger charge is 2.33. The zero-order valence-electron chi connectivity index (χ0n) is 12.6. The van der Waals surface area contributed by atoms with Crippen molar-refractivity contribution in [3.63, 3.8) is 0 Å². The topological polar surface area (TPSA) is 41.1 Å². The molecule has 0 spiro atoms. The predicted octanol–water partition coefficient (Wildman–Crippen LogP) is 4.41. The van der Waals surface area contributed by atoms with Gasteiger partial charge in [0.2, 0.25) is 0 Å². The van der Waals surface area contributed by atoms with Gasteiger partial charge in [-0.25, -0.2) is 0 Å². The quantitative estimate of drug-likeness (QED) is 0.800. The van der Waals surface area contributed by atoms with Crippen LogP contribution in [0.2, 0.25) is 0 Å². The normalized spacial score (nSPS) is 11.1. The maximum Gasteiger partial charge on any atom is 0.418 e. The molecule has 0 radical (unpaired) electrons. The lowest BCUT2D eigenvalue weighted by molar-refractivity contribution is -0.137. The summed E-state index contributed by atoms with van der Waals surface area (Å²) in [6.45, 7) is 2.06. The van der Waals surface area contributed by atoms with Crippen molar-refractivity contribution in [3.8, 4) is 0 Å². The Balaban J connectivity index is 2.05. The summed E-state index contributed by atoms with van der Waals surface area (Å²) in [4.78, 5) is 12.0. The Bertz CT molecular complexity index is 666. The zero-order chi connectivity index (χ0) is 16.9. The van der Waals surface area contributed by atoms with Crippen molar-refractivity contribution in [2.45, 2.75) is 25.9 Å². The van der Waals surface area contributed by atoms with Crippen molar-refractivity contribution in [3.05, 3.63) is 65.2 Å². The van der Waals surface area contributed by atoms with Gasteiger partial charge < -0.3 is 0 Å². The minimum absolute atomic E-state index is 0.198. The third-order valence-electron chi connectivity index (χ3n) is 3.30. The Morgan fingerprint density at radius 3 is 2.30 bits per heavy atom. The van der Waals surface area contributed by atoms with Crippen LogP contribution in [0.5, 0.6) is 0 Å². The number of hydrazine groups is 1. The molecule has 0 atom stereocenters. The Morgan fingerprint density at radius 1 is 1.04 bits per heavy atom. The van der Waals surface area contributed by atoms with Gasteiger partial charge in [-0.3, -0.25) is 15.6 Å². The summed E-state index contributed by atoms with van der Waals surface area (Å²) in [5.74, 6) is -0.495. The first-order chi connectivity index (χ1) is 10.9. The number of anilines is 1. The Hall–Kier alpha value is -2.50. The van der Waals surface area contributed by atoms with Crippen LogP contribution in [0.3, 0.4) is 0 Å². The van der Waals surface area contributed by atoms with Crippen LogP contribution in [0.4, 0.5) is 18.9 Å². The second-order valence-electron chi connectivity index (χ2n) is 5.07. The molecule has 0 fully saturated rings. The van der Waals surface area contributed by atoms with E-state index in [0.29, 0.717) is 5.56 Å². The van der Waals surface area contributed by atoms with Crippen LogP contribution in [0.15, 0.2) is 48.5 Å². The van der Waals surface area contributed by atoms with Crippen LogP contribution < -0.4 is 10.9 Å². The largest absolute Gasteiger partial charge is 0.418 e.